The highest BCUT2D eigenvalue weighted by Crippen LogP contribution is 2.28. The van der Waals surface area contributed by atoms with Crippen molar-refractivity contribution in [2.24, 2.45) is 5.73 Å². The summed E-state index contributed by atoms with van der Waals surface area (Å²) < 4.78 is 1.19. The van der Waals surface area contributed by atoms with Gasteiger partial charge in [0.2, 0.25) is 0 Å². The first-order valence-corrected chi connectivity index (χ1v) is 7.62. The zero-order chi connectivity index (χ0) is 11.4. The number of nitrogens with two attached hydrogens (primary N) is 1. The fourth-order valence-electron chi connectivity index (χ4n) is 2.34. The molecule has 0 saturated heterocycles. The molecule has 0 aliphatic heterocycles. The molecule has 1 aromatic heterocycles. The molecule has 3 N–H and O–H groups in total. The Hall–Kier alpha value is 0.1000. The molecule has 1 heterocycles. The molecule has 2 rings (SSSR count). The van der Waals surface area contributed by atoms with Gasteiger partial charge in [0.15, 0.2) is 0 Å². The van der Waals surface area contributed by atoms with Gasteiger partial charge < -0.3 is 11.1 Å². The minimum Gasteiger partial charge on any atom is -0.329 e. The lowest BCUT2D eigenvalue weighted by Gasteiger charge is -2.27. The Morgan fingerprint density at radius 3 is 2.69 bits per heavy atom. The van der Waals surface area contributed by atoms with Crippen LogP contribution in [0.5, 0.6) is 0 Å². The minimum absolute atomic E-state index is 0.333. The van der Waals surface area contributed by atoms with Crippen molar-refractivity contribution < 1.29 is 0 Å². The summed E-state index contributed by atoms with van der Waals surface area (Å²) in [5, 5.41) is 3.70. The number of thiophene rings is 1. The van der Waals surface area contributed by atoms with Gasteiger partial charge in [0.1, 0.15) is 0 Å². The van der Waals surface area contributed by atoms with E-state index in [1.165, 1.54) is 40.8 Å². The lowest BCUT2D eigenvalue weighted by atomic mass is 9.95. The van der Waals surface area contributed by atoms with Crippen LogP contribution in [0.1, 0.15) is 43.0 Å². The third-order valence-corrected chi connectivity index (χ3v) is 4.95. The highest BCUT2D eigenvalue weighted by atomic mass is 79.9. The summed E-state index contributed by atoms with van der Waals surface area (Å²) in [7, 11) is 0. The molecule has 0 radical (unpaired) electrons. The molecule has 4 heteroatoms. The molecule has 1 saturated carbocycles. The van der Waals surface area contributed by atoms with Gasteiger partial charge in [-0.25, -0.2) is 0 Å². The smallest absolute Gasteiger partial charge is 0.0702 e. The van der Waals surface area contributed by atoms with E-state index >= 15 is 0 Å². The molecule has 16 heavy (non-hydrogen) atoms. The van der Waals surface area contributed by atoms with Crippen LogP contribution in [0.3, 0.4) is 0 Å². The predicted molar refractivity (Wildman–Crippen MR) is 73.8 cm³/mol. The van der Waals surface area contributed by atoms with E-state index < -0.39 is 0 Å². The third kappa shape index (κ3) is 3.29. The topological polar surface area (TPSA) is 38.0 Å². The summed E-state index contributed by atoms with van der Waals surface area (Å²) in [6.07, 6.45) is 6.74. The van der Waals surface area contributed by atoms with E-state index in [4.69, 9.17) is 5.73 Å². The second-order valence-corrected chi connectivity index (χ2v) is 6.93. The second-order valence-electron chi connectivity index (χ2n) is 4.43. The third-order valence-electron chi connectivity index (χ3n) is 3.22. The van der Waals surface area contributed by atoms with E-state index in [1.807, 2.05) is 0 Å². The van der Waals surface area contributed by atoms with Crippen molar-refractivity contribution >= 4 is 27.3 Å². The zero-order valence-electron chi connectivity index (χ0n) is 9.42. The fraction of sp³-hybridized carbons (Fsp3) is 0.667. The van der Waals surface area contributed by atoms with Crippen molar-refractivity contribution in [3.05, 3.63) is 20.8 Å². The van der Waals surface area contributed by atoms with Crippen molar-refractivity contribution in [2.45, 2.75) is 44.2 Å². The van der Waals surface area contributed by atoms with E-state index in [0.29, 0.717) is 18.6 Å². The highest BCUT2D eigenvalue weighted by molar-refractivity contribution is 9.11. The summed E-state index contributed by atoms with van der Waals surface area (Å²) in [6, 6.07) is 5.27. The Kier molecular flexibility index (Phi) is 4.82. The molecule has 0 spiro atoms. The summed E-state index contributed by atoms with van der Waals surface area (Å²) in [5.41, 5.74) is 5.86. The van der Waals surface area contributed by atoms with Crippen LogP contribution in [0.25, 0.3) is 0 Å². The maximum Gasteiger partial charge on any atom is 0.0702 e. The highest BCUT2D eigenvalue weighted by Gasteiger charge is 2.19. The molecule has 0 amide bonds. The first-order valence-electron chi connectivity index (χ1n) is 6.01. The average molecular weight is 303 g/mol. The molecule has 1 fully saturated rings. The van der Waals surface area contributed by atoms with Crippen LogP contribution in [-0.4, -0.2) is 12.6 Å². The first kappa shape index (κ1) is 12.6. The number of halogens is 1. The summed E-state index contributed by atoms with van der Waals surface area (Å²) >= 11 is 5.29. The van der Waals surface area contributed by atoms with Gasteiger partial charge in [-0.1, -0.05) is 19.3 Å². The number of hydrogen-bond acceptors (Lipinski definition) is 3. The molecular formula is C12H19BrN2S. The number of rotatable bonds is 4. The van der Waals surface area contributed by atoms with Gasteiger partial charge in [-0.2, -0.15) is 0 Å². The van der Waals surface area contributed by atoms with Crippen molar-refractivity contribution in [3.8, 4) is 0 Å². The molecule has 0 aromatic carbocycles. The lowest BCUT2D eigenvalue weighted by Crippen LogP contribution is -2.37. The Labute approximate surface area is 110 Å². The Morgan fingerprint density at radius 1 is 1.38 bits per heavy atom. The zero-order valence-corrected chi connectivity index (χ0v) is 11.8. The summed E-state index contributed by atoms with van der Waals surface area (Å²) in [4.78, 5) is 1.35. The van der Waals surface area contributed by atoms with Crippen molar-refractivity contribution in [3.63, 3.8) is 0 Å². The van der Waals surface area contributed by atoms with Crippen LogP contribution in [-0.2, 0) is 0 Å². The average Bonchev–Trinajstić information content (AvgIpc) is 2.74. The standard InChI is InChI=1S/C12H19BrN2S/c13-12-7-6-11(16-12)10(8-14)15-9-4-2-1-3-5-9/h6-7,9-10,15H,1-5,8,14H2. The molecule has 1 aliphatic rings. The molecule has 0 bridgehead atoms. The molecule has 1 aliphatic carbocycles. The Bertz CT molecular complexity index is 321. The number of nitrogens with one attached hydrogen (secondary N) is 1. The van der Waals surface area contributed by atoms with E-state index in [9.17, 15) is 0 Å². The Morgan fingerprint density at radius 2 is 2.12 bits per heavy atom. The molecule has 1 atom stereocenters. The van der Waals surface area contributed by atoms with Gasteiger partial charge in [-0.3, -0.25) is 0 Å². The van der Waals surface area contributed by atoms with Crippen molar-refractivity contribution in [1.29, 1.82) is 0 Å². The molecule has 2 nitrogen and oxygen atoms in total. The second kappa shape index (κ2) is 6.15. The van der Waals surface area contributed by atoms with E-state index in [-0.39, 0.29) is 0 Å². The quantitative estimate of drug-likeness (QED) is 0.894. The molecule has 1 aromatic rings. The monoisotopic (exact) mass is 302 g/mol. The van der Waals surface area contributed by atoms with Gasteiger partial charge in [0, 0.05) is 17.5 Å². The predicted octanol–water partition coefficient (Wildman–Crippen LogP) is 3.43. The van der Waals surface area contributed by atoms with E-state index in [1.54, 1.807) is 11.3 Å². The summed E-state index contributed by atoms with van der Waals surface area (Å²) in [5.74, 6) is 0. The van der Waals surface area contributed by atoms with Crippen molar-refractivity contribution in [1.82, 2.24) is 5.32 Å². The van der Waals surface area contributed by atoms with Gasteiger partial charge in [-0.15, -0.1) is 11.3 Å². The lowest BCUT2D eigenvalue weighted by molar-refractivity contribution is 0.342. The van der Waals surface area contributed by atoms with E-state index in [0.717, 1.165) is 0 Å². The molecule has 1 unspecified atom stereocenters. The normalized spacial score (nSPS) is 19.9. The first-order chi connectivity index (χ1) is 7.79. The minimum atomic E-state index is 0.333. The van der Waals surface area contributed by atoms with Crippen LogP contribution >= 0.6 is 27.3 Å². The van der Waals surface area contributed by atoms with Gasteiger partial charge in [0.25, 0.3) is 0 Å². The van der Waals surface area contributed by atoms with Crippen molar-refractivity contribution in [2.75, 3.05) is 6.54 Å². The van der Waals surface area contributed by atoms with Gasteiger partial charge >= 0.3 is 0 Å². The van der Waals surface area contributed by atoms with Crippen LogP contribution in [0.15, 0.2) is 15.9 Å². The molecule has 90 valence electrons. The SMILES string of the molecule is NCC(NC1CCCCC1)c1ccc(Br)s1. The Balaban J connectivity index is 1.94. The van der Waals surface area contributed by atoms with Crippen LogP contribution in [0.4, 0.5) is 0 Å². The maximum atomic E-state index is 5.86. The van der Waals surface area contributed by atoms with Gasteiger partial charge in [-0.05, 0) is 40.9 Å². The number of hydrogen-bond donors (Lipinski definition) is 2. The maximum absolute atomic E-state index is 5.86. The van der Waals surface area contributed by atoms with E-state index in [2.05, 4.69) is 33.4 Å². The van der Waals surface area contributed by atoms with Crippen LogP contribution < -0.4 is 11.1 Å². The molecular weight excluding hydrogens is 284 g/mol. The summed E-state index contributed by atoms with van der Waals surface area (Å²) in [6.45, 7) is 0.684. The van der Waals surface area contributed by atoms with Crippen LogP contribution in [0.2, 0.25) is 0 Å². The van der Waals surface area contributed by atoms with Crippen LogP contribution in [0, 0.1) is 0 Å². The largest absolute Gasteiger partial charge is 0.329 e. The van der Waals surface area contributed by atoms with Gasteiger partial charge in [0.05, 0.1) is 9.83 Å². The fourth-order valence-corrected chi connectivity index (χ4v) is 3.83.